The average molecular weight is 371 g/mol. The van der Waals surface area contributed by atoms with E-state index < -0.39 is 34.2 Å². The molecule has 10 heteroatoms. The smallest absolute Gasteiger partial charge is 0.433 e. The quantitative estimate of drug-likeness (QED) is 0.707. The number of halogens is 4. The number of fused-ring (bicyclic) bond motifs is 1. The van der Waals surface area contributed by atoms with Crippen molar-refractivity contribution in [2.45, 2.75) is 6.18 Å². The third-order valence-electron chi connectivity index (χ3n) is 3.40. The summed E-state index contributed by atoms with van der Waals surface area (Å²) in [5.74, 6) is -1.51. The molecule has 25 heavy (non-hydrogen) atoms. The molecular formula is C15H8ClF3N3O3-. The number of benzene rings is 1. The molecular weight excluding hydrogens is 363 g/mol. The van der Waals surface area contributed by atoms with E-state index in [0.29, 0.717) is 10.3 Å². The van der Waals surface area contributed by atoms with Gasteiger partial charge in [0.15, 0.2) is 11.3 Å². The zero-order valence-corrected chi connectivity index (χ0v) is 13.2. The molecule has 3 rings (SSSR count). The van der Waals surface area contributed by atoms with Gasteiger partial charge in [0.1, 0.15) is 16.5 Å². The minimum Gasteiger partial charge on any atom is -0.543 e. The number of rotatable bonds is 3. The van der Waals surface area contributed by atoms with E-state index in [0.717, 1.165) is 6.07 Å². The summed E-state index contributed by atoms with van der Waals surface area (Å²) < 4.78 is 45.7. The number of ether oxygens (including phenoxy) is 1. The van der Waals surface area contributed by atoms with E-state index in [1.54, 1.807) is 18.2 Å². The number of nitrogens with zero attached hydrogens (tertiary/aromatic N) is 3. The van der Waals surface area contributed by atoms with E-state index in [9.17, 15) is 23.1 Å². The molecule has 0 aliphatic heterocycles. The van der Waals surface area contributed by atoms with Crippen molar-refractivity contribution in [2.75, 3.05) is 7.11 Å². The number of carbonyl (C=O) groups excluding carboxylic acids is 1. The van der Waals surface area contributed by atoms with Crippen molar-refractivity contribution in [3.63, 3.8) is 0 Å². The largest absolute Gasteiger partial charge is 0.543 e. The maximum atomic E-state index is 13.4. The molecule has 0 spiro atoms. The van der Waals surface area contributed by atoms with Crippen molar-refractivity contribution in [2.24, 2.45) is 0 Å². The lowest BCUT2D eigenvalue weighted by atomic mass is 10.1. The molecule has 0 aliphatic rings. The van der Waals surface area contributed by atoms with Gasteiger partial charge in [0.2, 0.25) is 0 Å². The van der Waals surface area contributed by atoms with Crippen molar-refractivity contribution in [1.29, 1.82) is 0 Å². The van der Waals surface area contributed by atoms with Crippen molar-refractivity contribution >= 4 is 23.2 Å². The van der Waals surface area contributed by atoms with Crippen LogP contribution in [0.4, 0.5) is 13.2 Å². The number of hydrogen-bond acceptors (Lipinski definition) is 5. The second-order valence-electron chi connectivity index (χ2n) is 4.91. The highest BCUT2D eigenvalue weighted by Crippen LogP contribution is 2.36. The van der Waals surface area contributed by atoms with Crippen LogP contribution in [0.25, 0.3) is 16.9 Å². The Hall–Kier alpha value is -2.81. The molecule has 0 saturated heterocycles. The first-order chi connectivity index (χ1) is 11.7. The van der Waals surface area contributed by atoms with Crippen LogP contribution in [0.5, 0.6) is 5.75 Å². The zero-order valence-electron chi connectivity index (χ0n) is 12.5. The summed E-state index contributed by atoms with van der Waals surface area (Å²) in [6.45, 7) is 0. The second kappa shape index (κ2) is 5.92. The Morgan fingerprint density at radius 1 is 1.32 bits per heavy atom. The van der Waals surface area contributed by atoms with E-state index in [1.807, 2.05) is 0 Å². The Labute approximate surface area is 143 Å². The summed E-state index contributed by atoms with van der Waals surface area (Å²) in [5, 5.41) is 13.8. The number of aromatic carboxylic acids is 1. The SMILES string of the molecule is COc1ccccc1-c1cc(C(F)(F)F)n2nc(C(=O)[O-])c(Cl)c2n1. The van der Waals surface area contributed by atoms with Crippen molar-refractivity contribution < 1.29 is 27.8 Å². The molecule has 0 bridgehead atoms. The summed E-state index contributed by atoms with van der Waals surface area (Å²) in [6, 6.07) is 7.06. The first-order valence-corrected chi connectivity index (χ1v) is 7.13. The fourth-order valence-corrected chi connectivity index (χ4v) is 2.56. The van der Waals surface area contributed by atoms with Gasteiger partial charge in [-0.25, -0.2) is 9.50 Å². The van der Waals surface area contributed by atoms with Gasteiger partial charge in [-0.2, -0.15) is 18.3 Å². The lowest BCUT2D eigenvalue weighted by molar-refractivity contribution is -0.255. The van der Waals surface area contributed by atoms with Gasteiger partial charge >= 0.3 is 6.18 Å². The molecule has 0 fully saturated rings. The van der Waals surface area contributed by atoms with Crippen LogP contribution >= 0.6 is 11.6 Å². The monoisotopic (exact) mass is 370 g/mol. The molecule has 2 aromatic heterocycles. The molecule has 0 aliphatic carbocycles. The highest BCUT2D eigenvalue weighted by atomic mass is 35.5. The molecule has 0 amide bonds. The average Bonchev–Trinajstić information content (AvgIpc) is 2.90. The van der Waals surface area contributed by atoms with Gasteiger partial charge in [-0.15, -0.1) is 0 Å². The Kier molecular flexibility index (Phi) is 4.03. The van der Waals surface area contributed by atoms with Crippen LogP contribution in [0, 0.1) is 0 Å². The number of carboxylic acids is 1. The van der Waals surface area contributed by atoms with Gasteiger partial charge in [-0.1, -0.05) is 23.7 Å². The zero-order chi connectivity index (χ0) is 18.4. The molecule has 0 unspecified atom stereocenters. The number of alkyl halides is 3. The normalized spacial score (nSPS) is 11.7. The molecule has 0 N–H and O–H groups in total. The summed E-state index contributed by atoms with van der Waals surface area (Å²) in [6.07, 6.45) is -4.82. The van der Waals surface area contributed by atoms with Gasteiger partial charge in [-0.3, -0.25) is 0 Å². The Morgan fingerprint density at radius 3 is 2.60 bits per heavy atom. The van der Waals surface area contributed by atoms with E-state index >= 15 is 0 Å². The summed E-state index contributed by atoms with van der Waals surface area (Å²) in [7, 11) is 1.36. The number of hydrogen-bond donors (Lipinski definition) is 0. The summed E-state index contributed by atoms with van der Waals surface area (Å²) in [5.41, 5.74) is -2.31. The van der Waals surface area contributed by atoms with Crippen molar-refractivity contribution in [3.05, 3.63) is 46.7 Å². The van der Waals surface area contributed by atoms with E-state index in [2.05, 4.69) is 10.1 Å². The minimum atomic E-state index is -4.82. The second-order valence-corrected chi connectivity index (χ2v) is 5.29. The lowest BCUT2D eigenvalue weighted by Gasteiger charge is -2.12. The van der Waals surface area contributed by atoms with Crippen LogP contribution in [0.15, 0.2) is 30.3 Å². The molecule has 3 aromatic rings. The van der Waals surface area contributed by atoms with Crippen molar-refractivity contribution in [1.82, 2.24) is 14.6 Å². The van der Waals surface area contributed by atoms with E-state index in [-0.39, 0.29) is 11.3 Å². The standard InChI is InChI=1S/C15H9ClF3N3O3/c1-25-9-5-3-2-4-7(9)8-6-10(15(17,18)19)22-13(20-8)11(16)12(21-22)14(23)24/h2-6H,1H3,(H,23,24)/p-1. The minimum absolute atomic E-state index is 0.0935. The molecule has 1 aromatic carbocycles. The highest BCUT2D eigenvalue weighted by molar-refractivity contribution is 6.36. The number of carboxylic acid groups (broad SMARTS) is 1. The van der Waals surface area contributed by atoms with E-state index in [1.165, 1.54) is 13.2 Å². The van der Waals surface area contributed by atoms with Gasteiger partial charge in [0, 0.05) is 5.56 Å². The topological polar surface area (TPSA) is 79.5 Å². The third-order valence-corrected chi connectivity index (χ3v) is 3.75. The first kappa shape index (κ1) is 17.0. The number of aromatic nitrogens is 3. The van der Waals surface area contributed by atoms with Crippen LogP contribution in [-0.2, 0) is 6.18 Å². The molecule has 0 atom stereocenters. The molecule has 6 nitrogen and oxygen atoms in total. The lowest BCUT2D eigenvalue weighted by Crippen LogP contribution is -2.23. The van der Waals surface area contributed by atoms with Crippen molar-refractivity contribution in [3.8, 4) is 17.0 Å². The number of para-hydroxylation sites is 1. The van der Waals surface area contributed by atoms with Gasteiger partial charge in [-0.05, 0) is 18.2 Å². The molecule has 0 saturated carbocycles. The fraction of sp³-hybridized carbons (Fsp3) is 0.133. The van der Waals surface area contributed by atoms with Gasteiger partial charge in [0.25, 0.3) is 0 Å². The molecule has 2 heterocycles. The predicted molar refractivity (Wildman–Crippen MR) is 79.3 cm³/mol. The fourth-order valence-electron chi connectivity index (χ4n) is 2.32. The maximum Gasteiger partial charge on any atom is 0.433 e. The van der Waals surface area contributed by atoms with Gasteiger partial charge < -0.3 is 14.6 Å². The van der Waals surface area contributed by atoms with Crippen LogP contribution in [-0.4, -0.2) is 27.7 Å². The Bertz CT molecular complexity index is 985. The highest BCUT2D eigenvalue weighted by Gasteiger charge is 2.36. The van der Waals surface area contributed by atoms with Crippen LogP contribution in [0.3, 0.4) is 0 Å². The number of carbonyl (C=O) groups is 1. The third kappa shape index (κ3) is 2.86. The Morgan fingerprint density at radius 2 is 2.00 bits per heavy atom. The van der Waals surface area contributed by atoms with Gasteiger partial charge in [0.05, 0.1) is 18.8 Å². The predicted octanol–water partition coefficient (Wildman–Crippen LogP) is 2.44. The van der Waals surface area contributed by atoms with Crippen LogP contribution < -0.4 is 9.84 Å². The molecule has 130 valence electrons. The van der Waals surface area contributed by atoms with Crippen LogP contribution in [0.1, 0.15) is 16.2 Å². The maximum absolute atomic E-state index is 13.4. The first-order valence-electron chi connectivity index (χ1n) is 6.75. The Balaban J connectivity index is 2.39. The van der Waals surface area contributed by atoms with Crippen LogP contribution in [0.2, 0.25) is 5.02 Å². The molecule has 0 radical (unpaired) electrons. The summed E-state index contributed by atoms with van der Waals surface area (Å²) >= 11 is 5.84. The summed E-state index contributed by atoms with van der Waals surface area (Å²) in [4.78, 5) is 15.0. The van der Waals surface area contributed by atoms with E-state index in [4.69, 9.17) is 16.3 Å². The number of methoxy groups -OCH3 is 1.